The third kappa shape index (κ3) is 3.49. The summed E-state index contributed by atoms with van der Waals surface area (Å²) < 4.78 is 5.60. The van der Waals surface area contributed by atoms with Crippen LogP contribution in [-0.4, -0.2) is 24.2 Å². The van der Waals surface area contributed by atoms with E-state index >= 15 is 0 Å². The second-order valence-electron chi connectivity index (χ2n) is 6.34. The molecule has 0 saturated carbocycles. The Bertz CT molecular complexity index is 957. The average molecular weight is 359 g/mol. The Labute approximate surface area is 158 Å². The van der Waals surface area contributed by atoms with Crippen molar-refractivity contribution < 1.29 is 9.53 Å². The summed E-state index contributed by atoms with van der Waals surface area (Å²) in [5, 5.41) is 2.98. The molecule has 0 fully saturated rings. The number of ether oxygens (including phenoxy) is 1. The lowest BCUT2D eigenvalue weighted by Crippen LogP contribution is -2.33. The molecule has 1 aromatic heterocycles. The lowest BCUT2D eigenvalue weighted by Gasteiger charge is -2.19. The van der Waals surface area contributed by atoms with Crippen molar-refractivity contribution in [2.45, 2.75) is 13.3 Å². The third-order valence-electron chi connectivity index (χ3n) is 4.66. The molecule has 2 aromatic carbocycles. The highest BCUT2D eigenvalue weighted by atomic mass is 16.5. The first-order valence-electron chi connectivity index (χ1n) is 9.10. The van der Waals surface area contributed by atoms with Crippen LogP contribution in [0.3, 0.4) is 0 Å². The highest BCUT2D eigenvalue weighted by molar-refractivity contribution is 6.04. The maximum atomic E-state index is 12.8. The van der Waals surface area contributed by atoms with Gasteiger partial charge in [-0.25, -0.2) is 4.79 Å². The number of urea groups is 1. The standard InChI is InChI=1S/C22H21N3O2/c1-2-27-21-6-4-3-5-19(21)24-22(26)25-14-11-18-15-17(7-8-20(18)25)16-9-12-23-13-10-16/h3-10,12-13,15H,2,11,14H2,1H3,(H,24,26). The molecule has 0 aliphatic carbocycles. The van der Waals surface area contributed by atoms with Gasteiger partial charge in [-0.3, -0.25) is 9.88 Å². The molecule has 27 heavy (non-hydrogen) atoms. The fraction of sp³-hybridized carbons (Fsp3) is 0.182. The third-order valence-corrected chi connectivity index (χ3v) is 4.66. The van der Waals surface area contributed by atoms with E-state index in [0.29, 0.717) is 24.6 Å². The molecule has 0 bridgehead atoms. The van der Waals surface area contributed by atoms with E-state index in [9.17, 15) is 4.79 Å². The predicted molar refractivity (Wildman–Crippen MR) is 107 cm³/mol. The number of anilines is 2. The Hall–Kier alpha value is -3.34. The molecule has 136 valence electrons. The van der Waals surface area contributed by atoms with Crippen LogP contribution in [0.5, 0.6) is 5.75 Å². The zero-order valence-corrected chi connectivity index (χ0v) is 15.2. The minimum Gasteiger partial charge on any atom is -0.492 e. The summed E-state index contributed by atoms with van der Waals surface area (Å²) >= 11 is 0. The van der Waals surface area contributed by atoms with Gasteiger partial charge in [0.1, 0.15) is 5.75 Å². The minimum absolute atomic E-state index is 0.141. The van der Waals surface area contributed by atoms with Crippen molar-refractivity contribution in [3.63, 3.8) is 0 Å². The lowest BCUT2D eigenvalue weighted by molar-refractivity contribution is 0.257. The second-order valence-corrected chi connectivity index (χ2v) is 6.34. The van der Waals surface area contributed by atoms with E-state index in [4.69, 9.17) is 4.74 Å². The van der Waals surface area contributed by atoms with Gasteiger partial charge in [0, 0.05) is 24.6 Å². The molecule has 5 nitrogen and oxygen atoms in total. The van der Waals surface area contributed by atoms with E-state index in [2.05, 4.69) is 16.4 Å². The molecule has 1 N–H and O–H groups in total. The van der Waals surface area contributed by atoms with Crippen molar-refractivity contribution in [2.75, 3.05) is 23.4 Å². The summed E-state index contributed by atoms with van der Waals surface area (Å²) in [6.07, 6.45) is 4.42. The molecule has 1 aliphatic rings. The van der Waals surface area contributed by atoms with E-state index < -0.39 is 0 Å². The molecule has 2 amide bonds. The SMILES string of the molecule is CCOc1ccccc1NC(=O)N1CCc2cc(-c3ccncc3)ccc21. The summed E-state index contributed by atoms with van der Waals surface area (Å²) in [6, 6.07) is 17.6. The number of para-hydroxylation sites is 2. The zero-order chi connectivity index (χ0) is 18.6. The largest absolute Gasteiger partial charge is 0.492 e. The number of nitrogens with one attached hydrogen (secondary N) is 1. The van der Waals surface area contributed by atoms with Crippen molar-refractivity contribution in [3.05, 3.63) is 72.6 Å². The van der Waals surface area contributed by atoms with E-state index in [1.807, 2.05) is 55.5 Å². The molecule has 0 spiro atoms. The Balaban J connectivity index is 1.55. The predicted octanol–water partition coefficient (Wildman–Crippen LogP) is 4.74. The molecular formula is C22H21N3O2. The van der Waals surface area contributed by atoms with Crippen molar-refractivity contribution in [1.82, 2.24) is 4.98 Å². The van der Waals surface area contributed by atoms with Crippen LogP contribution in [0.15, 0.2) is 67.0 Å². The molecule has 0 saturated heterocycles. The first-order chi connectivity index (χ1) is 13.3. The van der Waals surface area contributed by atoms with Gasteiger partial charge in [0.25, 0.3) is 0 Å². The van der Waals surface area contributed by atoms with Crippen molar-refractivity contribution in [3.8, 4) is 16.9 Å². The number of carbonyl (C=O) groups excluding carboxylic acids is 1. The number of aromatic nitrogens is 1. The average Bonchev–Trinajstić information content (AvgIpc) is 3.14. The highest BCUT2D eigenvalue weighted by Gasteiger charge is 2.25. The monoisotopic (exact) mass is 359 g/mol. The Morgan fingerprint density at radius 1 is 1.11 bits per heavy atom. The first-order valence-corrected chi connectivity index (χ1v) is 9.10. The van der Waals surface area contributed by atoms with Crippen LogP contribution >= 0.6 is 0 Å². The van der Waals surface area contributed by atoms with Gasteiger partial charge >= 0.3 is 6.03 Å². The molecule has 0 radical (unpaired) electrons. The number of hydrogen-bond donors (Lipinski definition) is 1. The molecule has 0 unspecified atom stereocenters. The van der Waals surface area contributed by atoms with Crippen LogP contribution in [0.4, 0.5) is 16.2 Å². The maximum absolute atomic E-state index is 12.8. The van der Waals surface area contributed by atoms with E-state index in [1.165, 1.54) is 5.56 Å². The van der Waals surface area contributed by atoms with Crippen molar-refractivity contribution in [2.24, 2.45) is 0 Å². The second kappa shape index (κ2) is 7.50. The molecule has 0 atom stereocenters. The molecule has 5 heteroatoms. The van der Waals surface area contributed by atoms with Crippen LogP contribution in [0.2, 0.25) is 0 Å². The normalized spacial score (nSPS) is 12.6. The van der Waals surface area contributed by atoms with Crippen LogP contribution in [0, 0.1) is 0 Å². The fourth-order valence-electron chi connectivity index (χ4n) is 3.37. The number of fused-ring (bicyclic) bond motifs is 1. The number of benzene rings is 2. The number of hydrogen-bond acceptors (Lipinski definition) is 3. The summed E-state index contributed by atoms with van der Waals surface area (Å²) in [6.45, 7) is 3.14. The Morgan fingerprint density at radius 3 is 2.74 bits per heavy atom. The van der Waals surface area contributed by atoms with Crippen molar-refractivity contribution >= 4 is 17.4 Å². The van der Waals surface area contributed by atoms with Gasteiger partial charge in [-0.2, -0.15) is 0 Å². The van der Waals surface area contributed by atoms with Crippen molar-refractivity contribution in [1.29, 1.82) is 0 Å². The van der Waals surface area contributed by atoms with E-state index in [0.717, 1.165) is 23.2 Å². The summed E-state index contributed by atoms with van der Waals surface area (Å²) in [4.78, 5) is 18.7. The number of rotatable bonds is 4. The maximum Gasteiger partial charge on any atom is 0.326 e. The molecule has 3 aromatic rings. The number of amides is 2. The van der Waals surface area contributed by atoms with Gasteiger partial charge < -0.3 is 10.1 Å². The van der Waals surface area contributed by atoms with Gasteiger partial charge in [0.05, 0.1) is 12.3 Å². The number of pyridine rings is 1. The highest BCUT2D eigenvalue weighted by Crippen LogP contribution is 2.33. The lowest BCUT2D eigenvalue weighted by atomic mass is 10.0. The quantitative estimate of drug-likeness (QED) is 0.732. The van der Waals surface area contributed by atoms with Crippen LogP contribution in [-0.2, 0) is 6.42 Å². The number of carbonyl (C=O) groups is 1. The van der Waals surface area contributed by atoms with Crippen LogP contribution in [0.1, 0.15) is 12.5 Å². The summed E-state index contributed by atoms with van der Waals surface area (Å²) in [5.74, 6) is 0.681. The van der Waals surface area contributed by atoms with Gasteiger partial charge in [-0.15, -0.1) is 0 Å². The molecular weight excluding hydrogens is 338 g/mol. The Kier molecular flexibility index (Phi) is 4.75. The van der Waals surface area contributed by atoms with Gasteiger partial charge in [-0.05, 0) is 66.4 Å². The first kappa shape index (κ1) is 17.1. The van der Waals surface area contributed by atoms with E-state index in [1.54, 1.807) is 17.3 Å². The van der Waals surface area contributed by atoms with Gasteiger partial charge in [0.15, 0.2) is 0 Å². The smallest absolute Gasteiger partial charge is 0.326 e. The van der Waals surface area contributed by atoms with Crippen LogP contribution < -0.4 is 15.0 Å². The molecule has 4 rings (SSSR count). The molecule has 1 aliphatic heterocycles. The van der Waals surface area contributed by atoms with E-state index in [-0.39, 0.29) is 6.03 Å². The van der Waals surface area contributed by atoms with Gasteiger partial charge in [0.2, 0.25) is 0 Å². The Morgan fingerprint density at radius 2 is 1.93 bits per heavy atom. The topological polar surface area (TPSA) is 54.5 Å². The molecule has 2 heterocycles. The van der Waals surface area contributed by atoms with Gasteiger partial charge in [-0.1, -0.05) is 18.2 Å². The summed E-state index contributed by atoms with van der Waals surface area (Å²) in [7, 11) is 0. The minimum atomic E-state index is -0.141. The zero-order valence-electron chi connectivity index (χ0n) is 15.2. The van der Waals surface area contributed by atoms with Crippen LogP contribution in [0.25, 0.3) is 11.1 Å². The fourth-order valence-corrected chi connectivity index (χ4v) is 3.37. The summed E-state index contributed by atoms with van der Waals surface area (Å²) in [5.41, 5.74) is 5.09. The number of nitrogens with zero attached hydrogens (tertiary/aromatic N) is 2.